The van der Waals surface area contributed by atoms with Gasteiger partial charge in [-0.15, -0.1) is 0 Å². The van der Waals surface area contributed by atoms with Gasteiger partial charge in [0.25, 0.3) is 0 Å². The van der Waals surface area contributed by atoms with Crippen molar-refractivity contribution in [2.75, 3.05) is 0 Å². The third kappa shape index (κ3) is 3.32. The second kappa shape index (κ2) is 6.71. The van der Waals surface area contributed by atoms with E-state index in [0.29, 0.717) is 21.1 Å². The smallest absolute Gasteiger partial charge is 0.408 e. The van der Waals surface area contributed by atoms with Crippen molar-refractivity contribution in [2.45, 2.75) is 19.5 Å². The zero-order chi connectivity index (χ0) is 17.3. The standard InChI is InChI=1S/C17H14Cl2N2O3/c1-10(11-6-7-12(18)13(19)8-11)20-16(22)9-21-14-4-2-3-5-15(14)24-17(21)23/h2-8,10H,9H2,1H3,(H,20,22). The second-order valence-electron chi connectivity index (χ2n) is 5.38. The van der Waals surface area contributed by atoms with E-state index in [0.717, 1.165) is 5.56 Å². The molecule has 2 aromatic carbocycles. The molecule has 0 saturated carbocycles. The highest BCUT2D eigenvalue weighted by atomic mass is 35.5. The summed E-state index contributed by atoms with van der Waals surface area (Å²) in [6, 6.07) is 11.9. The van der Waals surface area contributed by atoms with Gasteiger partial charge in [0.15, 0.2) is 5.58 Å². The molecule has 1 unspecified atom stereocenters. The summed E-state index contributed by atoms with van der Waals surface area (Å²) in [4.78, 5) is 24.2. The van der Waals surface area contributed by atoms with Crippen molar-refractivity contribution in [1.82, 2.24) is 9.88 Å². The fraction of sp³-hybridized carbons (Fsp3) is 0.176. The van der Waals surface area contributed by atoms with Crippen molar-refractivity contribution >= 4 is 40.2 Å². The van der Waals surface area contributed by atoms with Crippen molar-refractivity contribution in [2.24, 2.45) is 0 Å². The maximum atomic E-state index is 12.3. The minimum atomic E-state index is -0.562. The van der Waals surface area contributed by atoms with Gasteiger partial charge in [0.2, 0.25) is 5.91 Å². The molecule has 0 aliphatic carbocycles. The third-order valence-corrected chi connectivity index (χ3v) is 4.44. The first-order valence-corrected chi connectivity index (χ1v) is 8.04. The van der Waals surface area contributed by atoms with E-state index in [2.05, 4.69) is 5.32 Å². The predicted octanol–water partition coefficient (Wildman–Crippen LogP) is 3.78. The maximum absolute atomic E-state index is 12.3. The molecule has 124 valence electrons. The molecular weight excluding hydrogens is 351 g/mol. The molecule has 1 aromatic heterocycles. The van der Waals surface area contributed by atoms with Crippen LogP contribution in [0.25, 0.3) is 11.1 Å². The molecule has 0 saturated heterocycles. The molecule has 5 nitrogen and oxygen atoms in total. The number of hydrogen-bond donors (Lipinski definition) is 1. The van der Waals surface area contributed by atoms with Crippen LogP contribution >= 0.6 is 23.2 Å². The van der Waals surface area contributed by atoms with E-state index in [1.54, 1.807) is 42.5 Å². The lowest BCUT2D eigenvalue weighted by molar-refractivity contribution is -0.122. The summed E-state index contributed by atoms with van der Waals surface area (Å²) in [5.41, 5.74) is 1.86. The van der Waals surface area contributed by atoms with Gasteiger partial charge >= 0.3 is 5.76 Å². The lowest BCUT2D eigenvalue weighted by Crippen LogP contribution is -2.32. The Kier molecular flexibility index (Phi) is 4.64. The number of hydrogen-bond acceptors (Lipinski definition) is 3. The Balaban J connectivity index is 1.76. The number of carbonyl (C=O) groups is 1. The number of carbonyl (C=O) groups excluding carboxylic acids is 1. The van der Waals surface area contributed by atoms with E-state index in [1.165, 1.54) is 4.57 Å². The quantitative estimate of drug-likeness (QED) is 0.765. The van der Waals surface area contributed by atoms with E-state index in [4.69, 9.17) is 27.6 Å². The molecule has 7 heteroatoms. The molecule has 1 N–H and O–H groups in total. The van der Waals surface area contributed by atoms with Gasteiger partial charge in [0.05, 0.1) is 21.6 Å². The van der Waals surface area contributed by atoms with Crippen molar-refractivity contribution in [3.05, 3.63) is 68.6 Å². The molecule has 0 bridgehead atoms. The minimum absolute atomic E-state index is 0.124. The van der Waals surface area contributed by atoms with Gasteiger partial charge in [-0.2, -0.15) is 0 Å². The Morgan fingerprint density at radius 2 is 1.96 bits per heavy atom. The predicted molar refractivity (Wildman–Crippen MR) is 93.5 cm³/mol. The van der Waals surface area contributed by atoms with Crippen LogP contribution in [0.3, 0.4) is 0 Å². The summed E-state index contributed by atoms with van der Waals surface area (Å²) in [6.45, 7) is 1.70. The molecule has 0 fully saturated rings. The number of oxazole rings is 1. The van der Waals surface area contributed by atoms with Crippen LogP contribution in [-0.2, 0) is 11.3 Å². The highest BCUT2D eigenvalue weighted by Gasteiger charge is 2.15. The number of rotatable bonds is 4. The Bertz CT molecular complexity index is 962. The Hall–Kier alpha value is -2.24. The van der Waals surface area contributed by atoms with Gasteiger partial charge in [-0.05, 0) is 36.8 Å². The number of aromatic nitrogens is 1. The maximum Gasteiger partial charge on any atom is 0.420 e. The second-order valence-corrected chi connectivity index (χ2v) is 6.20. The van der Waals surface area contributed by atoms with Crippen LogP contribution in [0.5, 0.6) is 0 Å². The van der Waals surface area contributed by atoms with Gasteiger partial charge in [0.1, 0.15) is 6.54 Å². The third-order valence-electron chi connectivity index (χ3n) is 3.70. The van der Waals surface area contributed by atoms with Crippen LogP contribution < -0.4 is 11.1 Å². The topological polar surface area (TPSA) is 64.2 Å². The Morgan fingerprint density at radius 3 is 2.71 bits per heavy atom. The average Bonchev–Trinajstić information content (AvgIpc) is 2.86. The first kappa shape index (κ1) is 16.6. The number of benzene rings is 2. The molecule has 1 atom stereocenters. The first-order valence-electron chi connectivity index (χ1n) is 7.28. The van der Waals surface area contributed by atoms with Gasteiger partial charge in [-0.1, -0.05) is 41.4 Å². The van der Waals surface area contributed by atoms with E-state index in [1.807, 2.05) is 6.92 Å². The van der Waals surface area contributed by atoms with Gasteiger partial charge in [0, 0.05) is 0 Å². The van der Waals surface area contributed by atoms with E-state index in [-0.39, 0.29) is 18.5 Å². The molecule has 0 aliphatic heterocycles. The molecule has 0 radical (unpaired) electrons. The van der Waals surface area contributed by atoms with Crippen LogP contribution in [0, 0.1) is 0 Å². The molecule has 0 spiro atoms. The fourth-order valence-corrected chi connectivity index (χ4v) is 2.77. The summed E-state index contributed by atoms with van der Waals surface area (Å²) in [6.07, 6.45) is 0. The van der Waals surface area contributed by atoms with Crippen molar-refractivity contribution in [3.63, 3.8) is 0 Å². The van der Waals surface area contributed by atoms with Crippen LogP contribution in [-0.4, -0.2) is 10.5 Å². The summed E-state index contributed by atoms with van der Waals surface area (Å²) >= 11 is 11.9. The molecule has 24 heavy (non-hydrogen) atoms. The van der Waals surface area contributed by atoms with Crippen molar-refractivity contribution < 1.29 is 9.21 Å². The van der Waals surface area contributed by atoms with E-state index >= 15 is 0 Å². The number of fused-ring (bicyclic) bond motifs is 1. The average molecular weight is 365 g/mol. The van der Waals surface area contributed by atoms with Crippen molar-refractivity contribution in [3.8, 4) is 0 Å². The monoisotopic (exact) mass is 364 g/mol. The van der Waals surface area contributed by atoms with Gasteiger partial charge in [-0.25, -0.2) is 4.79 Å². The highest BCUT2D eigenvalue weighted by Crippen LogP contribution is 2.25. The van der Waals surface area contributed by atoms with Gasteiger partial charge in [-0.3, -0.25) is 9.36 Å². The number of halogens is 2. The molecule has 3 aromatic rings. The van der Waals surface area contributed by atoms with E-state index < -0.39 is 5.76 Å². The van der Waals surface area contributed by atoms with Gasteiger partial charge < -0.3 is 9.73 Å². The van der Waals surface area contributed by atoms with Crippen LogP contribution in [0.2, 0.25) is 10.0 Å². The molecular formula is C17H14Cl2N2O3. The molecule has 3 rings (SSSR count). The highest BCUT2D eigenvalue weighted by molar-refractivity contribution is 6.42. The SMILES string of the molecule is CC(NC(=O)Cn1c(=O)oc2ccccc21)c1ccc(Cl)c(Cl)c1. The summed E-state index contributed by atoms with van der Waals surface area (Å²) in [5, 5.41) is 3.71. The normalized spacial score (nSPS) is 12.3. The van der Waals surface area contributed by atoms with Crippen LogP contribution in [0.1, 0.15) is 18.5 Å². The lowest BCUT2D eigenvalue weighted by atomic mass is 10.1. The molecule has 1 amide bonds. The van der Waals surface area contributed by atoms with Crippen molar-refractivity contribution in [1.29, 1.82) is 0 Å². The number of para-hydroxylation sites is 2. The zero-order valence-electron chi connectivity index (χ0n) is 12.8. The number of nitrogens with one attached hydrogen (secondary N) is 1. The first-order chi connectivity index (χ1) is 11.5. The fourth-order valence-electron chi connectivity index (χ4n) is 2.46. The summed E-state index contributed by atoms with van der Waals surface area (Å²) in [5.74, 6) is -0.865. The number of amides is 1. The largest absolute Gasteiger partial charge is 0.420 e. The Labute approximate surface area is 147 Å². The lowest BCUT2D eigenvalue weighted by Gasteiger charge is -2.15. The summed E-state index contributed by atoms with van der Waals surface area (Å²) < 4.78 is 6.41. The summed E-state index contributed by atoms with van der Waals surface area (Å²) in [7, 11) is 0. The number of nitrogens with zero attached hydrogens (tertiary/aromatic N) is 1. The molecule has 0 aliphatic rings. The van der Waals surface area contributed by atoms with E-state index in [9.17, 15) is 9.59 Å². The van der Waals surface area contributed by atoms with Crippen LogP contribution in [0.15, 0.2) is 51.7 Å². The minimum Gasteiger partial charge on any atom is -0.408 e. The zero-order valence-corrected chi connectivity index (χ0v) is 14.3. The Morgan fingerprint density at radius 1 is 1.21 bits per heavy atom. The van der Waals surface area contributed by atoms with Crippen LogP contribution in [0.4, 0.5) is 0 Å². The molecule has 1 heterocycles.